The number of alkyl carbamates (subject to hydrolysis) is 1. The normalized spacial score (nSPS) is 12.6. The van der Waals surface area contributed by atoms with Crippen LogP contribution in [-0.2, 0) is 25.6 Å². The van der Waals surface area contributed by atoms with E-state index < -0.39 is 59.7 Å². The molecule has 11 heteroatoms. The van der Waals surface area contributed by atoms with E-state index in [2.05, 4.69) is 10.3 Å². The number of nitrogens with zero attached hydrogens (tertiary/aromatic N) is 2. The molecule has 0 aliphatic heterocycles. The highest BCUT2D eigenvalue weighted by molar-refractivity contribution is 5.83. The number of aromatic nitrogens is 2. The Kier molecular flexibility index (Phi) is 8.19. The van der Waals surface area contributed by atoms with E-state index in [1.54, 1.807) is 41.5 Å². The van der Waals surface area contributed by atoms with Gasteiger partial charge in [-0.05, 0) is 55.4 Å². The summed E-state index contributed by atoms with van der Waals surface area (Å²) in [7, 11) is 0. The molecule has 0 spiro atoms. The van der Waals surface area contributed by atoms with E-state index in [9.17, 15) is 24.0 Å². The zero-order chi connectivity index (χ0) is 24.1. The summed E-state index contributed by atoms with van der Waals surface area (Å²) in [4.78, 5) is 64.1. The van der Waals surface area contributed by atoms with Gasteiger partial charge in [-0.2, -0.15) is 0 Å². The maximum Gasteiger partial charge on any atom is 0.409 e. The van der Waals surface area contributed by atoms with Crippen LogP contribution in [0.3, 0.4) is 0 Å². The molecule has 2 amide bonds. The number of hydrogen-bond acceptors (Lipinski definition) is 7. The topological polar surface area (TPSA) is 140 Å². The molecule has 0 aliphatic rings. The molecule has 1 aromatic rings. The molecule has 0 radical (unpaired) electrons. The average Bonchev–Trinajstić information content (AvgIpc) is 2.53. The monoisotopic (exact) mass is 440 g/mol. The Morgan fingerprint density at radius 1 is 1.10 bits per heavy atom. The summed E-state index contributed by atoms with van der Waals surface area (Å²) in [5.74, 6) is -1.34. The quantitative estimate of drug-likeness (QED) is 0.494. The zero-order valence-electron chi connectivity index (χ0n) is 19.3. The molecule has 1 heterocycles. The second kappa shape index (κ2) is 9.80. The molecule has 174 valence electrons. The minimum Gasteiger partial charge on any atom is -0.459 e. The Morgan fingerprint density at radius 2 is 1.65 bits per heavy atom. The first kappa shape index (κ1) is 25.9. The molecule has 11 nitrogen and oxygen atoms in total. The van der Waals surface area contributed by atoms with E-state index in [1.165, 1.54) is 20.0 Å². The Bertz CT molecular complexity index is 935. The predicted molar refractivity (Wildman–Crippen MR) is 112 cm³/mol. The van der Waals surface area contributed by atoms with Gasteiger partial charge in [-0.25, -0.2) is 9.59 Å². The standard InChI is InChI=1S/C20H32N4O7/c1-12-9-23(17(28)22-16(12)27)10-14(25)24(11-15(26)30-19(3,4)5)13(2)21-18(29)31-20(6,7)8/h9,13H,10-11H2,1-8H3,(H,21,29)(H,22,27,28). The number of aryl methyl sites for hydroxylation is 1. The lowest BCUT2D eigenvalue weighted by molar-refractivity contribution is -0.160. The summed E-state index contributed by atoms with van der Waals surface area (Å²) in [5.41, 5.74) is -2.62. The Morgan fingerprint density at radius 3 is 2.16 bits per heavy atom. The molecule has 1 unspecified atom stereocenters. The van der Waals surface area contributed by atoms with E-state index in [-0.39, 0.29) is 5.56 Å². The largest absolute Gasteiger partial charge is 0.459 e. The highest BCUT2D eigenvalue weighted by Crippen LogP contribution is 2.10. The van der Waals surface area contributed by atoms with Gasteiger partial charge in [0.05, 0.1) is 0 Å². The number of aromatic amines is 1. The molecule has 2 N–H and O–H groups in total. The molecule has 0 fully saturated rings. The Hall–Kier alpha value is -3.11. The smallest absolute Gasteiger partial charge is 0.409 e. The Balaban J connectivity index is 3.10. The molecule has 0 saturated carbocycles. The fraction of sp³-hybridized carbons (Fsp3) is 0.650. The molecular weight excluding hydrogens is 408 g/mol. The zero-order valence-corrected chi connectivity index (χ0v) is 19.3. The summed E-state index contributed by atoms with van der Waals surface area (Å²) in [6.07, 6.45) is -0.482. The van der Waals surface area contributed by atoms with E-state index in [0.717, 1.165) is 9.47 Å². The van der Waals surface area contributed by atoms with Crippen molar-refractivity contribution in [2.75, 3.05) is 6.54 Å². The molecule has 1 aromatic heterocycles. The third kappa shape index (κ3) is 9.06. The first-order chi connectivity index (χ1) is 14.0. The number of carbonyl (C=O) groups is 3. The van der Waals surface area contributed by atoms with Crippen molar-refractivity contribution < 1.29 is 23.9 Å². The lowest BCUT2D eigenvalue weighted by atomic mass is 10.2. The van der Waals surface area contributed by atoms with Crippen molar-refractivity contribution in [3.05, 3.63) is 32.6 Å². The van der Waals surface area contributed by atoms with Crippen LogP contribution in [0.15, 0.2) is 15.8 Å². The molecule has 0 bridgehead atoms. The molecule has 0 saturated heterocycles. The van der Waals surface area contributed by atoms with Gasteiger partial charge < -0.3 is 19.7 Å². The summed E-state index contributed by atoms with van der Waals surface area (Å²) >= 11 is 0. The third-order valence-electron chi connectivity index (χ3n) is 3.73. The molecule has 1 atom stereocenters. The molecule has 0 aromatic carbocycles. The van der Waals surface area contributed by atoms with Gasteiger partial charge in [0.15, 0.2) is 0 Å². The summed E-state index contributed by atoms with van der Waals surface area (Å²) in [6, 6.07) is 0. The van der Waals surface area contributed by atoms with Crippen molar-refractivity contribution in [1.29, 1.82) is 0 Å². The molecule has 0 aliphatic carbocycles. The maximum absolute atomic E-state index is 12.9. The van der Waals surface area contributed by atoms with Crippen molar-refractivity contribution in [3.8, 4) is 0 Å². The van der Waals surface area contributed by atoms with Crippen LogP contribution in [0.25, 0.3) is 0 Å². The van der Waals surface area contributed by atoms with Gasteiger partial charge in [0.25, 0.3) is 5.56 Å². The first-order valence-electron chi connectivity index (χ1n) is 9.79. The highest BCUT2D eigenvalue weighted by Gasteiger charge is 2.28. The van der Waals surface area contributed by atoms with E-state index in [0.29, 0.717) is 0 Å². The number of carbonyl (C=O) groups excluding carboxylic acids is 3. The van der Waals surface area contributed by atoms with E-state index in [1.807, 2.05) is 0 Å². The van der Waals surface area contributed by atoms with Crippen LogP contribution in [0.2, 0.25) is 0 Å². The highest BCUT2D eigenvalue weighted by atomic mass is 16.6. The predicted octanol–water partition coefficient (Wildman–Crippen LogP) is 0.886. The van der Waals surface area contributed by atoms with Gasteiger partial charge in [-0.3, -0.25) is 23.9 Å². The summed E-state index contributed by atoms with van der Waals surface area (Å²) < 4.78 is 11.5. The lowest BCUT2D eigenvalue weighted by Crippen LogP contribution is -2.53. The van der Waals surface area contributed by atoms with E-state index >= 15 is 0 Å². The number of rotatable bonds is 6. The first-order valence-corrected chi connectivity index (χ1v) is 9.79. The minimum atomic E-state index is -0.950. The SMILES string of the molecule is Cc1cn(CC(=O)N(CC(=O)OC(C)(C)C)C(C)NC(=O)OC(C)(C)C)c(=O)[nH]c1=O. The van der Waals surface area contributed by atoms with Crippen molar-refractivity contribution >= 4 is 18.0 Å². The number of amides is 2. The van der Waals surface area contributed by atoms with Gasteiger partial charge >= 0.3 is 17.8 Å². The minimum absolute atomic E-state index is 0.242. The van der Waals surface area contributed by atoms with Crippen molar-refractivity contribution in [1.82, 2.24) is 19.8 Å². The van der Waals surface area contributed by atoms with Crippen LogP contribution >= 0.6 is 0 Å². The maximum atomic E-state index is 12.9. The number of hydrogen-bond donors (Lipinski definition) is 2. The van der Waals surface area contributed by atoms with Crippen LogP contribution < -0.4 is 16.6 Å². The number of H-pyrrole nitrogens is 1. The fourth-order valence-electron chi connectivity index (χ4n) is 2.48. The summed E-state index contributed by atoms with van der Waals surface area (Å²) in [6.45, 7) is 12.2. The second-order valence-corrected chi connectivity index (χ2v) is 9.13. The van der Waals surface area contributed by atoms with Crippen LogP contribution in [0.4, 0.5) is 4.79 Å². The number of nitrogens with one attached hydrogen (secondary N) is 2. The van der Waals surface area contributed by atoms with Crippen molar-refractivity contribution in [2.45, 2.75) is 79.3 Å². The van der Waals surface area contributed by atoms with Crippen LogP contribution in [0.1, 0.15) is 54.0 Å². The van der Waals surface area contributed by atoms with Gasteiger partial charge in [0, 0.05) is 11.8 Å². The van der Waals surface area contributed by atoms with Crippen LogP contribution in [0, 0.1) is 6.92 Å². The molecular formula is C20H32N4O7. The Labute approximate surface area is 180 Å². The van der Waals surface area contributed by atoms with Crippen molar-refractivity contribution in [2.24, 2.45) is 0 Å². The molecule has 31 heavy (non-hydrogen) atoms. The number of esters is 1. The van der Waals surface area contributed by atoms with Crippen LogP contribution in [-0.4, -0.2) is 56.3 Å². The number of ether oxygens (including phenoxy) is 2. The fourth-order valence-corrected chi connectivity index (χ4v) is 2.48. The van der Waals surface area contributed by atoms with E-state index in [4.69, 9.17) is 9.47 Å². The molecule has 1 rings (SSSR count). The lowest BCUT2D eigenvalue weighted by Gasteiger charge is -2.31. The third-order valence-corrected chi connectivity index (χ3v) is 3.73. The van der Waals surface area contributed by atoms with Crippen molar-refractivity contribution in [3.63, 3.8) is 0 Å². The van der Waals surface area contributed by atoms with Crippen LogP contribution in [0.5, 0.6) is 0 Å². The van der Waals surface area contributed by atoms with Gasteiger partial charge in [-0.1, -0.05) is 0 Å². The second-order valence-electron chi connectivity index (χ2n) is 9.13. The van der Waals surface area contributed by atoms with Gasteiger partial charge in [0.1, 0.15) is 30.5 Å². The van der Waals surface area contributed by atoms with Gasteiger partial charge in [-0.15, -0.1) is 0 Å². The average molecular weight is 440 g/mol. The summed E-state index contributed by atoms with van der Waals surface area (Å²) in [5, 5.41) is 2.50. The van der Waals surface area contributed by atoms with Gasteiger partial charge in [0.2, 0.25) is 5.91 Å².